The number of phenols is 1. The van der Waals surface area contributed by atoms with E-state index in [-0.39, 0.29) is 0 Å². The van der Waals surface area contributed by atoms with Gasteiger partial charge >= 0.3 is 0 Å². The third-order valence-electron chi connectivity index (χ3n) is 5.14. The summed E-state index contributed by atoms with van der Waals surface area (Å²) in [5, 5.41) is 9.66. The second-order valence-corrected chi connectivity index (χ2v) is 6.26. The highest BCUT2D eigenvalue weighted by molar-refractivity contribution is 5.29. The summed E-state index contributed by atoms with van der Waals surface area (Å²) in [6.07, 6.45) is 8.41. The summed E-state index contributed by atoms with van der Waals surface area (Å²) in [6, 6.07) is 9.00. The normalized spacial score (nSPS) is 26.9. The van der Waals surface area contributed by atoms with Crippen LogP contribution in [0.4, 0.5) is 0 Å². The van der Waals surface area contributed by atoms with E-state index in [1.165, 1.54) is 50.6 Å². The van der Waals surface area contributed by atoms with E-state index in [2.05, 4.69) is 17.9 Å². The van der Waals surface area contributed by atoms with Crippen molar-refractivity contribution in [2.75, 3.05) is 6.54 Å². The number of nitrogens with zero attached hydrogens (tertiary/aromatic N) is 1. The first-order chi connectivity index (χ1) is 9.25. The highest BCUT2D eigenvalue weighted by Crippen LogP contribution is 2.39. The first kappa shape index (κ1) is 13.0. The molecule has 2 unspecified atom stereocenters. The molecule has 3 rings (SSSR count). The molecule has 1 aromatic carbocycles. The Morgan fingerprint density at radius 3 is 2.68 bits per heavy atom. The Morgan fingerprint density at radius 2 is 1.95 bits per heavy atom. The van der Waals surface area contributed by atoms with E-state index in [0.717, 1.165) is 12.0 Å². The summed E-state index contributed by atoms with van der Waals surface area (Å²) >= 11 is 0. The van der Waals surface area contributed by atoms with Crippen molar-refractivity contribution in [3.63, 3.8) is 0 Å². The van der Waals surface area contributed by atoms with Gasteiger partial charge in [-0.1, -0.05) is 25.0 Å². The Bertz CT molecular complexity index is 425. The van der Waals surface area contributed by atoms with Gasteiger partial charge in [-0.25, -0.2) is 0 Å². The predicted molar refractivity (Wildman–Crippen MR) is 78.2 cm³/mol. The largest absolute Gasteiger partial charge is 0.508 e. The second kappa shape index (κ2) is 5.54. The van der Waals surface area contributed by atoms with Crippen LogP contribution in [0.25, 0.3) is 0 Å². The number of likely N-dealkylation sites (tertiary alicyclic amines) is 1. The minimum atomic E-state index is 0.390. The van der Waals surface area contributed by atoms with Crippen LogP contribution < -0.4 is 0 Å². The van der Waals surface area contributed by atoms with Crippen molar-refractivity contribution < 1.29 is 5.11 Å². The summed E-state index contributed by atoms with van der Waals surface area (Å²) in [7, 11) is 0. The maximum atomic E-state index is 9.66. The number of hydrogen-bond acceptors (Lipinski definition) is 2. The van der Waals surface area contributed by atoms with Crippen LogP contribution in [0.5, 0.6) is 5.75 Å². The van der Waals surface area contributed by atoms with Gasteiger partial charge in [0, 0.05) is 12.1 Å². The third kappa shape index (κ3) is 2.64. The quantitative estimate of drug-likeness (QED) is 0.883. The van der Waals surface area contributed by atoms with Crippen molar-refractivity contribution in [3.05, 3.63) is 29.8 Å². The van der Waals surface area contributed by atoms with Gasteiger partial charge in [0.25, 0.3) is 0 Å². The molecule has 2 atom stereocenters. The van der Waals surface area contributed by atoms with Gasteiger partial charge in [-0.3, -0.25) is 4.90 Å². The van der Waals surface area contributed by atoms with Gasteiger partial charge in [-0.2, -0.15) is 0 Å². The minimum absolute atomic E-state index is 0.390. The fourth-order valence-electron chi connectivity index (χ4n) is 4.12. The van der Waals surface area contributed by atoms with Gasteiger partial charge < -0.3 is 5.11 Å². The molecule has 0 radical (unpaired) electrons. The second-order valence-electron chi connectivity index (χ2n) is 6.26. The van der Waals surface area contributed by atoms with Gasteiger partial charge in [0.1, 0.15) is 5.75 Å². The highest BCUT2D eigenvalue weighted by atomic mass is 16.3. The zero-order chi connectivity index (χ0) is 13.2. The van der Waals surface area contributed by atoms with E-state index in [9.17, 15) is 5.11 Å². The summed E-state index contributed by atoms with van der Waals surface area (Å²) in [6.45, 7) is 3.51. The standard InChI is InChI=1S/C17H25NO/c1-13(15-8-4-9-16(19)12-15)18-11-5-10-17(18)14-6-2-3-7-14/h4,8-9,12-14,17,19H,2-3,5-7,10-11H2,1H3. The molecule has 104 valence electrons. The van der Waals surface area contributed by atoms with Crippen LogP contribution in [0.1, 0.15) is 57.1 Å². The van der Waals surface area contributed by atoms with Gasteiger partial charge in [0.15, 0.2) is 0 Å². The van der Waals surface area contributed by atoms with Crippen LogP contribution in [-0.4, -0.2) is 22.6 Å². The summed E-state index contributed by atoms with van der Waals surface area (Å²) in [5.74, 6) is 1.31. The Hall–Kier alpha value is -1.02. The summed E-state index contributed by atoms with van der Waals surface area (Å²) < 4.78 is 0. The molecule has 2 fully saturated rings. The lowest BCUT2D eigenvalue weighted by Gasteiger charge is -2.34. The number of phenolic OH excluding ortho intramolecular Hbond substituents is 1. The molecule has 0 spiro atoms. The number of hydrogen-bond donors (Lipinski definition) is 1. The van der Waals surface area contributed by atoms with E-state index in [1.807, 2.05) is 12.1 Å². The lowest BCUT2D eigenvalue weighted by Crippen LogP contribution is -2.36. The Balaban J connectivity index is 1.76. The molecule has 1 aliphatic carbocycles. The van der Waals surface area contributed by atoms with Gasteiger partial charge in [0.05, 0.1) is 0 Å². The SMILES string of the molecule is CC(c1cccc(O)c1)N1CCCC1C1CCCC1. The monoisotopic (exact) mass is 259 g/mol. The maximum Gasteiger partial charge on any atom is 0.115 e. The van der Waals surface area contributed by atoms with Crippen molar-refractivity contribution >= 4 is 0 Å². The fourth-order valence-corrected chi connectivity index (χ4v) is 4.12. The average Bonchev–Trinajstić information content (AvgIpc) is 3.08. The Labute approximate surface area is 116 Å². The zero-order valence-electron chi connectivity index (χ0n) is 11.9. The number of rotatable bonds is 3. The first-order valence-corrected chi connectivity index (χ1v) is 7.80. The molecule has 1 N–H and O–H groups in total. The molecule has 2 heteroatoms. The highest BCUT2D eigenvalue weighted by Gasteiger charge is 2.35. The van der Waals surface area contributed by atoms with Gasteiger partial charge in [0.2, 0.25) is 0 Å². The molecule has 19 heavy (non-hydrogen) atoms. The molecule has 1 saturated heterocycles. The van der Waals surface area contributed by atoms with E-state index in [0.29, 0.717) is 11.8 Å². The van der Waals surface area contributed by atoms with E-state index in [4.69, 9.17) is 0 Å². The molecule has 1 saturated carbocycles. The molecule has 1 aliphatic heterocycles. The van der Waals surface area contributed by atoms with Gasteiger partial charge in [-0.05, 0) is 62.8 Å². The molecule has 1 heterocycles. The molecule has 2 aliphatic rings. The number of aromatic hydroxyl groups is 1. The summed E-state index contributed by atoms with van der Waals surface area (Å²) in [4.78, 5) is 2.69. The van der Waals surface area contributed by atoms with E-state index >= 15 is 0 Å². The van der Waals surface area contributed by atoms with Crippen LogP contribution in [-0.2, 0) is 0 Å². The smallest absolute Gasteiger partial charge is 0.115 e. The van der Waals surface area contributed by atoms with E-state index in [1.54, 1.807) is 6.07 Å². The first-order valence-electron chi connectivity index (χ1n) is 7.80. The number of benzene rings is 1. The molecular weight excluding hydrogens is 234 g/mol. The molecule has 2 nitrogen and oxygen atoms in total. The predicted octanol–water partition coefficient (Wildman–Crippen LogP) is 4.11. The van der Waals surface area contributed by atoms with Crippen molar-refractivity contribution in [3.8, 4) is 5.75 Å². The fraction of sp³-hybridized carbons (Fsp3) is 0.647. The third-order valence-corrected chi connectivity index (χ3v) is 5.14. The lowest BCUT2D eigenvalue weighted by molar-refractivity contribution is 0.144. The molecule has 0 bridgehead atoms. The van der Waals surface area contributed by atoms with Crippen LogP contribution in [0.15, 0.2) is 24.3 Å². The molecule has 1 aromatic rings. The molecular formula is C17H25NO. The Kier molecular flexibility index (Phi) is 3.79. The van der Waals surface area contributed by atoms with Crippen molar-refractivity contribution in [1.82, 2.24) is 4.90 Å². The van der Waals surface area contributed by atoms with Crippen LogP contribution >= 0.6 is 0 Å². The summed E-state index contributed by atoms with van der Waals surface area (Å²) in [5.41, 5.74) is 1.25. The van der Waals surface area contributed by atoms with Crippen molar-refractivity contribution in [1.29, 1.82) is 0 Å². The van der Waals surface area contributed by atoms with Gasteiger partial charge in [-0.15, -0.1) is 0 Å². The Morgan fingerprint density at radius 1 is 1.16 bits per heavy atom. The van der Waals surface area contributed by atoms with Crippen molar-refractivity contribution in [2.45, 2.75) is 57.5 Å². The van der Waals surface area contributed by atoms with E-state index < -0.39 is 0 Å². The average molecular weight is 259 g/mol. The van der Waals surface area contributed by atoms with Crippen molar-refractivity contribution in [2.24, 2.45) is 5.92 Å². The minimum Gasteiger partial charge on any atom is -0.508 e. The molecule has 0 amide bonds. The van der Waals surface area contributed by atoms with Crippen LogP contribution in [0, 0.1) is 5.92 Å². The topological polar surface area (TPSA) is 23.5 Å². The zero-order valence-corrected chi connectivity index (χ0v) is 11.9. The van der Waals surface area contributed by atoms with Crippen LogP contribution in [0.2, 0.25) is 0 Å². The van der Waals surface area contributed by atoms with Crippen LogP contribution in [0.3, 0.4) is 0 Å². The lowest BCUT2D eigenvalue weighted by atomic mass is 9.94. The maximum absolute atomic E-state index is 9.66. The molecule has 0 aromatic heterocycles.